The molecule has 0 aromatic rings. The Hall–Kier alpha value is -0.120. The third-order valence-corrected chi connectivity index (χ3v) is 2.97. The molecule has 1 atom stereocenters. The molecular formula is C12H25NO2. The molecule has 0 aromatic carbocycles. The highest BCUT2D eigenvalue weighted by atomic mass is 16.5. The maximum Gasteiger partial charge on any atom is 0.0976 e. The SMILES string of the molecule is CCC(C)(C)OCC(C)(O)CNC1CC1. The van der Waals surface area contributed by atoms with Crippen LogP contribution >= 0.6 is 0 Å². The van der Waals surface area contributed by atoms with Crippen LogP contribution in [0.5, 0.6) is 0 Å². The maximum absolute atomic E-state index is 10.1. The van der Waals surface area contributed by atoms with Gasteiger partial charge in [0.2, 0.25) is 0 Å². The van der Waals surface area contributed by atoms with Crippen molar-refractivity contribution in [3.63, 3.8) is 0 Å². The zero-order valence-electron chi connectivity index (χ0n) is 10.5. The van der Waals surface area contributed by atoms with Gasteiger partial charge in [-0.1, -0.05) is 6.92 Å². The van der Waals surface area contributed by atoms with Crippen molar-refractivity contribution < 1.29 is 9.84 Å². The summed E-state index contributed by atoms with van der Waals surface area (Å²) in [4.78, 5) is 0. The van der Waals surface area contributed by atoms with Gasteiger partial charge in [0.15, 0.2) is 0 Å². The van der Waals surface area contributed by atoms with E-state index in [4.69, 9.17) is 4.74 Å². The molecule has 1 saturated carbocycles. The van der Waals surface area contributed by atoms with Crippen LogP contribution in [-0.4, -0.2) is 35.5 Å². The van der Waals surface area contributed by atoms with Gasteiger partial charge in [-0.25, -0.2) is 0 Å². The number of hydrogen-bond acceptors (Lipinski definition) is 3. The Morgan fingerprint density at radius 1 is 1.33 bits per heavy atom. The highest BCUT2D eigenvalue weighted by Crippen LogP contribution is 2.20. The van der Waals surface area contributed by atoms with Crippen molar-refractivity contribution in [2.24, 2.45) is 0 Å². The summed E-state index contributed by atoms with van der Waals surface area (Å²) in [7, 11) is 0. The largest absolute Gasteiger partial charge is 0.386 e. The lowest BCUT2D eigenvalue weighted by Gasteiger charge is -2.30. The molecule has 0 heterocycles. The van der Waals surface area contributed by atoms with Crippen LogP contribution in [-0.2, 0) is 4.74 Å². The van der Waals surface area contributed by atoms with Gasteiger partial charge >= 0.3 is 0 Å². The molecule has 1 rings (SSSR count). The first kappa shape index (κ1) is 12.9. The zero-order chi connectivity index (χ0) is 11.5. The maximum atomic E-state index is 10.1. The second-order valence-electron chi connectivity index (χ2n) is 5.55. The second kappa shape index (κ2) is 4.81. The summed E-state index contributed by atoms with van der Waals surface area (Å²) in [6, 6.07) is 0.635. The molecule has 0 spiro atoms. The Kier molecular flexibility index (Phi) is 4.15. The molecule has 0 bridgehead atoms. The van der Waals surface area contributed by atoms with E-state index in [9.17, 15) is 5.11 Å². The van der Waals surface area contributed by atoms with Crippen LogP contribution in [0.4, 0.5) is 0 Å². The van der Waals surface area contributed by atoms with Crippen LogP contribution in [0.3, 0.4) is 0 Å². The molecule has 15 heavy (non-hydrogen) atoms. The number of ether oxygens (including phenoxy) is 1. The molecule has 1 fully saturated rings. The minimum atomic E-state index is -0.755. The summed E-state index contributed by atoms with van der Waals surface area (Å²) >= 11 is 0. The predicted molar refractivity (Wildman–Crippen MR) is 62.0 cm³/mol. The average Bonchev–Trinajstić information content (AvgIpc) is 2.96. The molecule has 0 aliphatic heterocycles. The minimum absolute atomic E-state index is 0.135. The summed E-state index contributed by atoms with van der Waals surface area (Å²) in [5.74, 6) is 0. The van der Waals surface area contributed by atoms with E-state index in [0.717, 1.165) is 6.42 Å². The van der Waals surface area contributed by atoms with Gasteiger partial charge in [0, 0.05) is 12.6 Å². The fourth-order valence-corrected chi connectivity index (χ4v) is 1.16. The van der Waals surface area contributed by atoms with Crippen molar-refractivity contribution in [3.05, 3.63) is 0 Å². The molecule has 0 saturated heterocycles. The van der Waals surface area contributed by atoms with E-state index < -0.39 is 5.60 Å². The Bertz CT molecular complexity index is 198. The van der Waals surface area contributed by atoms with Crippen molar-refractivity contribution >= 4 is 0 Å². The molecule has 0 radical (unpaired) electrons. The van der Waals surface area contributed by atoms with Crippen LogP contribution in [0.2, 0.25) is 0 Å². The summed E-state index contributed by atoms with van der Waals surface area (Å²) in [5.41, 5.74) is -0.890. The first-order valence-electron chi connectivity index (χ1n) is 5.94. The third kappa shape index (κ3) is 5.50. The smallest absolute Gasteiger partial charge is 0.0976 e. The van der Waals surface area contributed by atoms with Crippen LogP contribution in [0.1, 0.15) is 47.0 Å². The van der Waals surface area contributed by atoms with Crippen LogP contribution in [0.25, 0.3) is 0 Å². The number of nitrogens with one attached hydrogen (secondary N) is 1. The van der Waals surface area contributed by atoms with Gasteiger partial charge in [0.1, 0.15) is 0 Å². The first-order chi connectivity index (χ1) is 6.85. The summed E-state index contributed by atoms with van der Waals surface area (Å²) in [6.07, 6.45) is 3.45. The van der Waals surface area contributed by atoms with Gasteiger partial charge in [-0.15, -0.1) is 0 Å². The van der Waals surface area contributed by atoms with Gasteiger partial charge in [-0.2, -0.15) is 0 Å². The third-order valence-electron chi connectivity index (χ3n) is 2.97. The van der Waals surface area contributed by atoms with Crippen molar-refractivity contribution in [2.45, 2.75) is 64.2 Å². The van der Waals surface area contributed by atoms with Crippen molar-refractivity contribution in [3.8, 4) is 0 Å². The second-order valence-corrected chi connectivity index (χ2v) is 5.55. The summed E-state index contributed by atoms with van der Waals surface area (Å²) < 4.78 is 5.71. The van der Waals surface area contributed by atoms with Gasteiger partial charge in [0.25, 0.3) is 0 Å². The van der Waals surface area contributed by atoms with Crippen molar-refractivity contribution in [1.82, 2.24) is 5.32 Å². The summed E-state index contributed by atoms with van der Waals surface area (Å²) in [5, 5.41) is 13.4. The first-order valence-corrected chi connectivity index (χ1v) is 5.94. The van der Waals surface area contributed by atoms with Crippen LogP contribution in [0.15, 0.2) is 0 Å². The number of hydrogen-bond donors (Lipinski definition) is 2. The van der Waals surface area contributed by atoms with E-state index in [1.807, 2.05) is 6.92 Å². The predicted octanol–water partition coefficient (Wildman–Crippen LogP) is 1.69. The molecule has 0 amide bonds. The van der Waals surface area contributed by atoms with E-state index in [0.29, 0.717) is 19.2 Å². The molecule has 2 N–H and O–H groups in total. The van der Waals surface area contributed by atoms with E-state index in [1.54, 1.807) is 0 Å². The van der Waals surface area contributed by atoms with E-state index >= 15 is 0 Å². The normalized spacial score (nSPS) is 21.4. The van der Waals surface area contributed by atoms with E-state index in [-0.39, 0.29) is 5.60 Å². The van der Waals surface area contributed by atoms with Gasteiger partial charge in [0.05, 0.1) is 17.8 Å². The van der Waals surface area contributed by atoms with Crippen LogP contribution in [0, 0.1) is 0 Å². The molecule has 90 valence electrons. The number of aliphatic hydroxyl groups is 1. The summed E-state index contributed by atoms with van der Waals surface area (Å²) in [6.45, 7) is 9.05. The Balaban J connectivity index is 2.21. The van der Waals surface area contributed by atoms with Gasteiger partial charge < -0.3 is 15.2 Å². The number of rotatable bonds is 7. The quantitative estimate of drug-likeness (QED) is 0.679. The van der Waals surface area contributed by atoms with Crippen molar-refractivity contribution in [2.75, 3.05) is 13.2 Å². The topological polar surface area (TPSA) is 41.5 Å². The van der Waals surface area contributed by atoms with E-state index in [2.05, 4.69) is 26.1 Å². The molecule has 1 unspecified atom stereocenters. The van der Waals surface area contributed by atoms with Gasteiger partial charge in [-0.05, 0) is 40.0 Å². The fraction of sp³-hybridized carbons (Fsp3) is 1.00. The Morgan fingerprint density at radius 3 is 2.40 bits per heavy atom. The lowest BCUT2D eigenvalue weighted by Crippen LogP contribution is -2.44. The molecular weight excluding hydrogens is 190 g/mol. The van der Waals surface area contributed by atoms with Crippen molar-refractivity contribution in [1.29, 1.82) is 0 Å². The fourth-order valence-electron chi connectivity index (χ4n) is 1.16. The monoisotopic (exact) mass is 215 g/mol. The lowest BCUT2D eigenvalue weighted by atomic mass is 10.0. The van der Waals surface area contributed by atoms with Crippen LogP contribution < -0.4 is 5.32 Å². The lowest BCUT2D eigenvalue weighted by molar-refractivity contribution is -0.0982. The molecule has 3 heteroatoms. The molecule has 0 aromatic heterocycles. The van der Waals surface area contributed by atoms with E-state index in [1.165, 1.54) is 12.8 Å². The molecule has 1 aliphatic carbocycles. The zero-order valence-corrected chi connectivity index (χ0v) is 10.5. The van der Waals surface area contributed by atoms with Gasteiger partial charge in [-0.3, -0.25) is 0 Å². The average molecular weight is 215 g/mol. The minimum Gasteiger partial charge on any atom is -0.386 e. The Labute approximate surface area is 93.2 Å². The standard InChI is InChI=1S/C12H25NO2/c1-5-11(2,3)15-9-12(4,14)8-13-10-6-7-10/h10,13-14H,5-9H2,1-4H3. The molecule has 1 aliphatic rings. The molecule has 3 nitrogen and oxygen atoms in total. The highest BCUT2D eigenvalue weighted by molar-refractivity contribution is 4.86. The Morgan fingerprint density at radius 2 is 1.93 bits per heavy atom. The highest BCUT2D eigenvalue weighted by Gasteiger charge is 2.28.